The molecule has 0 bridgehead atoms. The van der Waals surface area contributed by atoms with E-state index < -0.39 is 0 Å². The number of hydrogen-bond donors (Lipinski definition) is 2. The highest BCUT2D eigenvalue weighted by molar-refractivity contribution is 5.85. The Kier molecular flexibility index (Phi) is 8.56. The molecule has 1 aliphatic heterocycles. The zero-order chi connectivity index (χ0) is 15.1. The van der Waals surface area contributed by atoms with Crippen LogP contribution in [-0.4, -0.2) is 56.5 Å². The first kappa shape index (κ1) is 19.0. The second-order valence-electron chi connectivity index (χ2n) is 5.16. The number of hydrogen-bond acceptors (Lipinski definition) is 5. The third-order valence-electron chi connectivity index (χ3n) is 3.87. The number of methoxy groups -OCH3 is 1. The van der Waals surface area contributed by atoms with Crippen molar-refractivity contribution in [1.82, 2.24) is 10.2 Å². The SMILES string of the molecule is CCOc1ccc([C@@H](CCO)N2CCNCC2)cc1OC.Cl. The molecule has 0 aromatic heterocycles. The Balaban J connectivity index is 0.00000242. The molecule has 1 saturated heterocycles. The van der Waals surface area contributed by atoms with Crippen LogP contribution in [0.15, 0.2) is 18.2 Å². The summed E-state index contributed by atoms with van der Waals surface area (Å²) in [4.78, 5) is 2.42. The summed E-state index contributed by atoms with van der Waals surface area (Å²) in [5.74, 6) is 1.53. The lowest BCUT2D eigenvalue weighted by atomic mass is 10.0. The lowest BCUT2D eigenvalue weighted by Crippen LogP contribution is -2.45. The van der Waals surface area contributed by atoms with Crippen LogP contribution in [0.2, 0.25) is 0 Å². The van der Waals surface area contributed by atoms with E-state index in [1.165, 1.54) is 5.56 Å². The second kappa shape index (κ2) is 9.90. The molecule has 2 rings (SSSR count). The Bertz CT molecular complexity index is 439. The van der Waals surface area contributed by atoms with E-state index in [1.54, 1.807) is 7.11 Å². The molecule has 126 valence electrons. The molecule has 0 unspecified atom stereocenters. The first-order valence-electron chi connectivity index (χ1n) is 7.66. The van der Waals surface area contributed by atoms with Crippen LogP contribution in [0.25, 0.3) is 0 Å². The van der Waals surface area contributed by atoms with Crippen molar-refractivity contribution in [2.45, 2.75) is 19.4 Å². The quantitative estimate of drug-likeness (QED) is 0.799. The minimum atomic E-state index is 0. The van der Waals surface area contributed by atoms with Gasteiger partial charge in [-0.05, 0) is 31.0 Å². The van der Waals surface area contributed by atoms with Gasteiger partial charge in [-0.15, -0.1) is 12.4 Å². The molecular weight excluding hydrogens is 304 g/mol. The monoisotopic (exact) mass is 330 g/mol. The fourth-order valence-corrected chi connectivity index (χ4v) is 2.84. The first-order chi connectivity index (χ1) is 10.3. The number of ether oxygens (including phenoxy) is 2. The van der Waals surface area contributed by atoms with Crippen molar-refractivity contribution in [3.63, 3.8) is 0 Å². The lowest BCUT2D eigenvalue weighted by molar-refractivity contribution is 0.141. The largest absolute Gasteiger partial charge is 0.493 e. The molecule has 0 radical (unpaired) electrons. The number of piperazine rings is 1. The number of nitrogens with one attached hydrogen (secondary N) is 1. The second-order valence-corrected chi connectivity index (χ2v) is 5.16. The van der Waals surface area contributed by atoms with Crippen LogP contribution in [0.5, 0.6) is 11.5 Å². The van der Waals surface area contributed by atoms with Gasteiger partial charge in [0.2, 0.25) is 0 Å². The van der Waals surface area contributed by atoms with Gasteiger partial charge in [-0.3, -0.25) is 4.90 Å². The number of aliphatic hydroxyl groups excluding tert-OH is 1. The van der Waals surface area contributed by atoms with Gasteiger partial charge in [0.05, 0.1) is 13.7 Å². The summed E-state index contributed by atoms with van der Waals surface area (Å²) in [6, 6.07) is 6.30. The van der Waals surface area contributed by atoms with Crippen molar-refractivity contribution in [1.29, 1.82) is 0 Å². The van der Waals surface area contributed by atoms with Gasteiger partial charge in [-0.25, -0.2) is 0 Å². The van der Waals surface area contributed by atoms with Gasteiger partial charge in [-0.2, -0.15) is 0 Å². The highest BCUT2D eigenvalue weighted by Crippen LogP contribution is 2.33. The van der Waals surface area contributed by atoms with Crippen LogP contribution in [0.3, 0.4) is 0 Å². The summed E-state index contributed by atoms with van der Waals surface area (Å²) >= 11 is 0. The maximum Gasteiger partial charge on any atom is 0.161 e. The Morgan fingerprint density at radius 2 is 2.00 bits per heavy atom. The summed E-state index contributed by atoms with van der Waals surface area (Å²) in [5.41, 5.74) is 1.17. The van der Waals surface area contributed by atoms with Crippen LogP contribution in [-0.2, 0) is 0 Å². The molecule has 0 saturated carbocycles. The molecule has 1 atom stereocenters. The van der Waals surface area contributed by atoms with E-state index in [0.717, 1.165) is 44.1 Å². The average Bonchev–Trinajstić information content (AvgIpc) is 2.54. The van der Waals surface area contributed by atoms with Crippen molar-refractivity contribution in [2.75, 3.05) is 46.5 Å². The highest BCUT2D eigenvalue weighted by atomic mass is 35.5. The number of halogens is 1. The van der Waals surface area contributed by atoms with Crippen LogP contribution in [0.1, 0.15) is 24.9 Å². The number of nitrogens with zero attached hydrogens (tertiary/aromatic N) is 1. The van der Waals surface area contributed by atoms with E-state index in [9.17, 15) is 5.11 Å². The van der Waals surface area contributed by atoms with E-state index in [2.05, 4.69) is 16.3 Å². The third kappa shape index (κ3) is 4.74. The number of benzene rings is 1. The third-order valence-corrected chi connectivity index (χ3v) is 3.87. The molecule has 6 heteroatoms. The zero-order valence-corrected chi connectivity index (χ0v) is 14.2. The molecule has 2 N–H and O–H groups in total. The first-order valence-corrected chi connectivity index (χ1v) is 7.66. The summed E-state index contributed by atoms with van der Waals surface area (Å²) < 4.78 is 11.0. The molecule has 1 heterocycles. The van der Waals surface area contributed by atoms with Crippen molar-refractivity contribution in [3.8, 4) is 11.5 Å². The fraction of sp³-hybridized carbons (Fsp3) is 0.625. The van der Waals surface area contributed by atoms with Crippen LogP contribution in [0, 0.1) is 0 Å². The topological polar surface area (TPSA) is 54.0 Å². The van der Waals surface area contributed by atoms with Gasteiger partial charge in [0.1, 0.15) is 0 Å². The molecule has 1 aliphatic rings. The molecule has 22 heavy (non-hydrogen) atoms. The summed E-state index contributed by atoms with van der Waals surface area (Å²) in [7, 11) is 1.66. The molecule has 1 aromatic rings. The smallest absolute Gasteiger partial charge is 0.161 e. The van der Waals surface area contributed by atoms with Gasteiger partial charge in [0.25, 0.3) is 0 Å². The molecule has 0 amide bonds. The van der Waals surface area contributed by atoms with Gasteiger partial charge >= 0.3 is 0 Å². The molecule has 1 fully saturated rings. The maximum absolute atomic E-state index is 9.40. The van der Waals surface area contributed by atoms with Crippen molar-refractivity contribution in [2.24, 2.45) is 0 Å². The summed E-state index contributed by atoms with van der Waals surface area (Å²) in [6.07, 6.45) is 0.733. The van der Waals surface area contributed by atoms with E-state index in [0.29, 0.717) is 6.61 Å². The molecule has 0 spiro atoms. The fourth-order valence-electron chi connectivity index (χ4n) is 2.84. The van der Waals surface area contributed by atoms with Crippen LogP contribution < -0.4 is 14.8 Å². The van der Waals surface area contributed by atoms with Gasteiger partial charge < -0.3 is 19.9 Å². The Labute approximate surface area is 139 Å². The predicted octanol–water partition coefficient (Wildman–Crippen LogP) is 1.84. The van der Waals surface area contributed by atoms with E-state index in [4.69, 9.17) is 9.47 Å². The lowest BCUT2D eigenvalue weighted by Gasteiger charge is -2.35. The van der Waals surface area contributed by atoms with E-state index >= 15 is 0 Å². The summed E-state index contributed by atoms with van der Waals surface area (Å²) in [6.45, 7) is 6.76. The number of rotatable bonds is 7. The highest BCUT2D eigenvalue weighted by Gasteiger charge is 2.22. The Hall–Kier alpha value is -1.01. The predicted molar refractivity (Wildman–Crippen MR) is 90.3 cm³/mol. The minimum Gasteiger partial charge on any atom is -0.493 e. The van der Waals surface area contributed by atoms with E-state index in [1.807, 2.05) is 19.1 Å². The van der Waals surface area contributed by atoms with Crippen molar-refractivity contribution >= 4 is 12.4 Å². The molecular formula is C16H27ClN2O3. The normalized spacial score (nSPS) is 16.7. The average molecular weight is 331 g/mol. The van der Waals surface area contributed by atoms with E-state index in [-0.39, 0.29) is 25.1 Å². The Morgan fingerprint density at radius 1 is 1.27 bits per heavy atom. The van der Waals surface area contributed by atoms with Gasteiger partial charge in [0, 0.05) is 38.8 Å². The van der Waals surface area contributed by atoms with Crippen LogP contribution >= 0.6 is 12.4 Å². The molecule has 1 aromatic carbocycles. The molecule has 0 aliphatic carbocycles. The standard InChI is InChI=1S/C16H26N2O3.ClH/c1-3-21-15-5-4-13(12-16(15)20-2)14(6-11-19)18-9-7-17-8-10-18;/h4-5,12,14,17,19H,3,6-11H2,1-2H3;1H/t14-;/m1./s1. The van der Waals surface area contributed by atoms with Crippen molar-refractivity contribution < 1.29 is 14.6 Å². The Morgan fingerprint density at radius 3 is 2.59 bits per heavy atom. The van der Waals surface area contributed by atoms with Crippen molar-refractivity contribution in [3.05, 3.63) is 23.8 Å². The minimum absolute atomic E-state index is 0. The van der Waals surface area contributed by atoms with Gasteiger partial charge in [-0.1, -0.05) is 6.07 Å². The van der Waals surface area contributed by atoms with Crippen LogP contribution in [0.4, 0.5) is 0 Å². The zero-order valence-electron chi connectivity index (χ0n) is 13.4. The molecule has 5 nitrogen and oxygen atoms in total. The van der Waals surface area contributed by atoms with Gasteiger partial charge in [0.15, 0.2) is 11.5 Å². The summed E-state index contributed by atoms with van der Waals surface area (Å²) in [5, 5.41) is 12.8. The number of aliphatic hydroxyl groups is 1. The maximum atomic E-state index is 9.40.